The van der Waals surface area contributed by atoms with Crippen molar-refractivity contribution in [3.05, 3.63) is 59.2 Å². The van der Waals surface area contributed by atoms with Gasteiger partial charge in [0.2, 0.25) is 5.91 Å². The number of nitrogens with zero attached hydrogens (tertiary/aromatic N) is 3. The number of aliphatic hydroxyl groups is 1. The highest BCUT2D eigenvalue weighted by molar-refractivity contribution is 5.98. The van der Waals surface area contributed by atoms with Gasteiger partial charge in [-0.05, 0) is 44.9 Å². The van der Waals surface area contributed by atoms with E-state index in [2.05, 4.69) is 10.3 Å². The average Bonchev–Trinajstić information content (AvgIpc) is 3.44. The fraction of sp³-hybridized carbons (Fsp3) is 0.409. The maximum atomic E-state index is 14.4. The zero-order valence-corrected chi connectivity index (χ0v) is 17.4. The SMILES string of the molecule is C[C@H](c1ncc(F)cc1F)N1C(=O)[C@@H](N2C(=O)Nc3ccc(F)cc3C23CC3)CC1(C)O. The molecule has 1 spiro atoms. The van der Waals surface area contributed by atoms with E-state index in [4.69, 9.17) is 0 Å². The summed E-state index contributed by atoms with van der Waals surface area (Å²) in [4.78, 5) is 32.8. The van der Waals surface area contributed by atoms with Crippen LogP contribution in [0.5, 0.6) is 0 Å². The van der Waals surface area contributed by atoms with Gasteiger partial charge in [-0.1, -0.05) is 0 Å². The molecule has 2 fully saturated rings. The van der Waals surface area contributed by atoms with Crippen molar-refractivity contribution in [2.45, 2.75) is 56.5 Å². The number of benzene rings is 1. The lowest BCUT2D eigenvalue weighted by Gasteiger charge is -2.41. The number of aromatic nitrogens is 1. The molecule has 1 unspecified atom stereocenters. The van der Waals surface area contributed by atoms with Crippen LogP contribution < -0.4 is 5.32 Å². The first-order valence-corrected chi connectivity index (χ1v) is 10.3. The zero-order valence-electron chi connectivity index (χ0n) is 17.4. The van der Waals surface area contributed by atoms with Crippen molar-refractivity contribution < 1.29 is 27.9 Å². The minimum absolute atomic E-state index is 0.126. The number of hydrogen-bond acceptors (Lipinski definition) is 4. The molecule has 2 aliphatic heterocycles. The summed E-state index contributed by atoms with van der Waals surface area (Å²) < 4.78 is 41.6. The minimum Gasteiger partial charge on any atom is -0.371 e. The Bertz CT molecular complexity index is 1150. The topological polar surface area (TPSA) is 85.8 Å². The molecule has 32 heavy (non-hydrogen) atoms. The third-order valence-electron chi connectivity index (χ3n) is 6.68. The van der Waals surface area contributed by atoms with Crippen LogP contribution in [0.15, 0.2) is 30.5 Å². The molecule has 1 aromatic heterocycles. The van der Waals surface area contributed by atoms with Gasteiger partial charge in [0.1, 0.15) is 29.2 Å². The van der Waals surface area contributed by atoms with E-state index in [9.17, 15) is 27.9 Å². The standard InChI is InChI=1S/C22H21F3N4O3/c1-11(18-15(25)8-13(24)10-26-18)28-19(30)17(9-21(28,2)32)29-20(31)27-16-4-3-12(23)7-14(16)22(29)5-6-22/h3-4,7-8,10-11,17,32H,5-6,9H2,1-2H3,(H,27,31)/t11-,17+,21?/m1/s1. The summed E-state index contributed by atoms with van der Waals surface area (Å²) >= 11 is 0. The lowest BCUT2D eigenvalue weighted by molar-refractivity contribution is -0.149. The zero-order chi connectivity index (χ0) is 23.0. The largest absolute Gasteiger partial charge is 0.371 e. The fourth-order valence-corrected chi connectivity index (χ4v) is 5.19. The molecule has 3 atom stereocenters. The number of nitrogens with one attached hydrogen (secondary N) is 1. The van der Waals surface area contributed by atoms with Crippen LogP contribution in [-0.2, 0) is 10.3 Å². The first-order chi connectivity index (χ1) is 15.0. The molecule has 3 heterocycles. The van der Waals surface area contributed by atoms with Crippen molar-refractivity contribution in [3.63, 3.8) is 0 Å². The lowest BCUT2D eigenvalue weighted by atomic mass is 9.95. The third-order valence-corrected chi connectivity index (χ3v) is 6.68. The highest BCUT2D eigenvalue weighted by Gasteiger charge is 2.62. The Morgan fingerprint density at radius 2 is 1.91 bits per heavy atom. The highest BCUT2D eigenvalue weighted by atomic mass is 19.1. The Balaban J connectivity index is 1.52. The van der Waals surface area contributed by atoms with Crippen molar-refractivity contribution in [3.8, 4) is 0 Å². The molecule has 0 radical (unpaired) electrons. The lowest BCUT2D eigenvalue weighted by Crippen LogP contribution is -2.55. The van der Waals surface area contributed by atoms with E-state index in [0.717, 1.165) is 11.1 Å². The number of likely N-dealkylation sites (tertiary alicyclic amines) is 1. The Labute approximate surface area is 181 Å². The summed E-state index contributed by atoms with van der Waals surface area (Å²) in [5, 5.41) is 13.8. The number of amides is 3. The molecule has 1 saturated carbocycles. The molecule has 3 aliphatic rings. The van der Waals surface area contributed by atoms with Crippen molar-refractivity contribution in [2.75, 3.05) is 5.32 Å². The predicted octanol–water partition coefficient (Wildman–Crippen LogP) is 3.41. The molecular weight excluding hydrogens is 425 g/mol. The Morgan fingerprint density at radius 1 is 1.19 bits per heavy atom. The van der Waals surface area contributed by atoms with Gasteiger partial charge in [0.05, 0.1) is 23.5 Å². The van der Waals surface area contributed by atoms with Gasteiger partial charge in [0.15, 0.2) is 0 Å². The number of rotatable bonds is 3. The average molecular weight is 446 g/mol. The summed E-state index contributed by atoms with van der Waals surface area (Å²) in [6.45, 7) is 2.88. The quantitative estimate of drug-likeness (QED) is 0.757. The number of hydrogen-bond donors (Lipinski definition) is 2. The summed E-state index contributed by atoms with van der Waals surface area (Å²) in [6.07, 6.45) is 1.81. The molecule has 2 aromatic rings. The number of urea groups is 1. The van der Waals surface area contributed by atoms with Crippen LogP contribution in [0.4, 0.5) is 23.7 Å². The summed E-state index contributed by atoms with van der Waals surface area (Å²) in [7, 11) is 0. The number of anilines is 1. The number of fused-ring (bicyclic) bond motifs is 2. The van der Waals surface area contributed by atoms with Crippen LogP contribution in [-0.4, -0.2) is 43.6 Å². The molecular formula is C22H21F3N4O3. The first kappa shape index (κ1) is 20.7. The fourth-order valence-electron chi connectivity index (χ4n) is 5.19. The third kappa shape index (κ3) is 2.89. The van der Waals surface area contributed by atoms with E-state index >= 15 is 0 Å². The second-order valence-electron chi connectivity index (χ2n) is 8.86. The van der Waals surface area contributed by atoms with E-state index < -0.39 is 52.7 Å². The van der Waals surface area contributed by atoms with Crippen molar-refractivity contribution in [1.29, 1.82) is 0 Å². The van der Waals surface area contributed by atoms with Gasteiger partial charge in [-0.15, -0.1) is 0 Å². The summed E-state index contributed by atoms with van der Waals surface area (Å²) in [5.74, 6) is -2.84. The molecule has 168 valence electrons. The molecule has 3 amide bonds. The van der Waals surface area contributed by atoms with Crippen LogP contribution in [0.3, 0.4) is 0 Å². The molecule has 0 bridgehead atoms. The number of pyridine rings is 1. The Hall–Kier alpha value is -3.14. The molecule has 1 aliphatic carbocycles. The van der Waals surface area contributed by atoms with Gasteiger partial charge in [-0.25, -0.2) is 18.0 Å². The Morgan fingerprint density at radius 3 is 2.56 bits per heavy atom. The minimum atomic E-state index is -1.72. The van der Waals surface area contributed by atoms with Gasteiger partial charge in [-0.3, -0.25) is 9.78 Å². The van der Waals surface area contributed by atoms with E-state index in [0.29, 0.717) is 30.2 Å². The van der Waals surface area contributed by atoms with Crippen LogP contribution >= 0.6 is 0 Å². The molecule has 5 rings (SSSR count). The number of carbonyl (C=O) groups is 2. The highest BCUT2D eigenvalue weighted by Crippen LogP contribution is 2.58. The molecule has 10 heteroatoms. The maximum absolute atomic E-state index is 14.4. The van der Waals surface area contributed by atoms with Crippen molar-refractivity contribution >= 4 is 17.6 Å². The van der Waals surface area contributed by atoms with Crippen LogP contribution in [0.2, 0.25) is 0 Å². The van der Waals surface area contributed by atoms with Gasteiger partial charge in [0.25, 0.3) is 0 Å². The molecule has 7 nitrogen and oxygen atoms in total. The molecule has 2 N–H and O–H groups in total. The van der Waals surface area contributed by atoms with Crippen LogP contribution in [0.1, 0.15) is 50.4 Å². The van der Waals surface area contributed by atoms with Crippen molar-refractivity contribution in [1.82, 2.24) is 14.8 Å². The van der Waals surface area contributed by atoms with Gasteiger partial charge < -0.3 is 20.2 Å². The molecule has 1 aromatic carbocycles. The second kappa shape index (κ2) is 6.68. The predicted molar refractivity (Wildman–Crippen MR) is 107 cm³/mol. The smallest absolute Gasteiger partial charge is 0.323 e. The summed E-state index contributed by atoms with van der Waals surface area (Å²) in [6, 6.07) is 2.18. The van der Waals surface area contributed by atoms with Crippen LogP contribution in [0, 0.1) is 17.5 Å². The Kier molecular flexibility index (Phi) is 4.33. The van der Waals surface area contributed by atoms with Gasteiger partial charge >= 0.3 is 6.03 Å². The second-order valence-corrected chi connectivity index (χ2v) is 8.86. The number of carbonyl (C=O) groups excluding carboxylic acids is 2. The van der Waals surface area contributed by atoms with Crippen LogP contribution in [0.25, 0.3) is 0 Å². The van der Waals surface area contributed by atoms with Gasteiger partial charge in [0, 0.05) is 23.7 Å². The van der Waals surface area contributed by atoms with E-state index in [1.165, 1.54) is 36.9 Å². The van der Waals surface area contributed by atoms with E-state index in [1.807, 2.05) is 0 Å². The number of halogens is 3. The normalized spacial score (nSPS) is 26.9. The first-order valence-electron chi connectivity index (χ1n) is 10.3. The van der Waals surface area contributed by atoms with Gasteiger partial charge in [-0.2, -0.15) is 0 Å². The van der Waals surface area contributed by atoms with E-state index in [1.54, 1.807) is 0 Å². The maximum Gasteiger partial charge on any atom is 0.323 e. The molecule has 1 saturated heterocycles. The monoisotopic (exact) mass is 446 g/mol. The summed E-state index contributed by atoms with van der Waals surface area (Å²) in [5.41, 5.74) is -1.68. The van der Waals surface area contributed by atoms with E-state index in [-0.39, 0.29) is 12.1 Å². The van der Waals surface area contributed by atoms with Crippen molar-refractivity contribution in [2.24, 2.45) is 0 Å².